The quantitative estimate of drug-likeness (QED) is 0.226. The molecule has 0 aliphatic heterocycles. The van der Waals surface area contributed by atoms with Crippen LogP contribution >= 0.6 is 0 Å². The van der Waals surface area contributed by atoms with E-state index in [2.05, 4.69) is 158 Å². The highest BCUT2D eigenvalue weighted by Gasteiger charge is 2.36. The highest BCUT2D eigenvalue weighted by Crippen LogP contribution is 2.52. The van der Waals surface area contributed by atoms with Crippen molar-refractivity contribution in [1.29, 1.82) is 0 Å². The lowest BCUT2D eigenvalue weighted by molar-refractivity contribution is 0.648. The first-order valence-electron chi connectivity index (χ1n) is 14.2. The molecule has 6 aromatic carbocycles. The van der Waals surface area contributed by atoms with E-state index >= 15 is 0 Å². The number of benzene rings is 6. The van der Waals surface area contributed by atoms with Crippen molar-refractivity contribution in [3.05, 3.63) is 151 Å². The topological polar surface area (TPSA) is 16.4 Å². The van der Waals surface area contributed by atoms with Crippen LogP contribution in [0.3, 0.4) is 0 Å². The molecule has 7 aromatic rings. The minimum atomic E-state index is -0.0930. The Labute approximate surface area is 240 Å². The Morgan fingerprint density at radius 2 is 1.15 bits per heavy atom. The molecule has 8 rings (SSSR count). The first-order chi connectivity index (χ1) is 20.1. The molecule has 0 radical (unpaired) electrons. The number of nitrogens with zero attached hydrogens (tertiary/aromatic N) is 1. The molecule has 1 aromatic heterocycles. The summed E-state index contributed by atoms with van der Waals surface area (Å²) in [7, 11) is 0. The fourth-order valence-electron chi connectivity index (χ4n) is 6.67. The van der Waals surface area contributed by atoms with Gasteiger partial charge in [-0.2, -0.15) is 0 Å². The maximum atomic E-state index is 6.89. The summed E-state index contributed by atoms with van der Waals surface area (Å²) >= 11 is 0. The molecule has 196 valence electrons. The van der Waals surface area contributed by atoms with Gasteiger partial charge in [-0.1, -0.05) is 105 Å². The fraction of sp³-hybridized carbons (Fsp3) is 0.0769. The molecule has 41 heavy (non-hydrogen) atoms. The number of furan rings is 1. The molecule has 0 atom stereocenters. The lowest BCUT2D eigenvalue weighted by Crippen LogP contribution is -2.14. The Hall–Kier alpha value is -5.08. The van der Waals surface area contributed by atoms with Crippen molar-refractivity contribution in [2.45, 2.75) is 19.3 Å². The minimum Gasteiger partial charge on any atom is -0.455 e. The smallest absolute Gasteiger partial charge is 0.145 e. The zero-order valence-electron chi connectivity index (χ0n) is 23.1. The minimum absolute atomic E-state index is 0.0930. The van der Waals surface area contributed by atoms with E-state index in [0.29, 0.717) is 0 Å². The third-order valence-corrected chi connectivity index (χ3v) is 8.66. The summed E-state index contributed by atoms with van der Waals surface area (Å²) in [5.74, 6) is 0. The van der Waals surface area contributed by atoms with Gasteiger partial charge in [0.05, 0.1) is 11.1 Å². The van der Waals surface area contributed by atoms with E-state index in [-0.39, 0.29) is 5.41 Å². The zero-order valence-corrected chi connectivity index (χ0v) is 23.1. The van der Waals surface area contributed by atoms with Crippen LogP contribution in [0.4, 0.5) is 17.1 Å². The maximum Gasteiger partial charge on any atom is 0.145 e. The zero-order chi connectivity index (χ0) is 27.6. The number of hydrogen-bond donors (Lipinski definition) is 0. The van der Waals surface area contributed by atoms with Crippen LogP contribution in [0.25, 0.3) is 44.2 Å². The van der Waals surface area contributed by atoms with Crippen molar-refractivity contribution in [2.75, 3.05) is 4.90 Å². The van der Waals surface area contributed by atoms with Crippen LogP contribution in [0, 0.1) is 0 Å². The van der Waals surface area contributed by atoms with E-state index in [1.165, 1.54) is 22.3 Å². The van der Waals surface area contributed by atoms with Crippen LogP contribution < -0.4 is 4.90 Å². The Balaban J connectivity index is 1.49. The van der Waals surface area contributed by atoms with Crippen molar-refractivity contribution in [2.24, 2.45) is 0 Å². The van der Waals surface area contributed by atoms with Gasteiger partial charge in [-0.15, -0.1) is 0 Å². The lowest BCUT2D eigenvalue weighted by Gasteiger charge is -2.26. The highest BCUT2D eigenvalue weighted by molar-refractivity contribution is 6.18. The van der Waals surface area contributed by atoms with Crippen LogP contribution in [0.1, 0.15) is 25.0 Å². The molecule has 2 heteroatoms. The summed E-state index contributed by atoms with van der Waals surface area (Å²) in [6.07, 6.45) is 0. The van der Waals surface area contributed by atoms with Gasteiger partial charge < -0.3 is 9.32 Å². The fourth-order valence-corrected chi connectivity index (χ4v) is 6.67. The molecule has 0 fully saturated rings. The van der Waals surface area contributed by atoms with Gasteiger partial charge in [-0.25, -0.2) is 0 Å². The number of anilines is 3. The molecular weight excluding hydrogens is 498 g/mol. The van der Waals surface area contributed by atoms with Gasteiger partial charge in [0, 0.05) is 27.7 Å². The van der Waals surface area contributed by atoms with Crippen molar-refractivity contribution in [3.63, 3.8) is 0 Å². The molecule has 0 spiro atoms. The van der Waals surface area contributed by atoms with E-state index < -0.39 is 0 Å². The Morgan fingerprint density at radius 1 is 0.537 bits per heavy atom. The Kier molecular flexibility index (Phi) is 5.20. The molecule has 1 heterocycles. The van der Waals surface area contributed by atoms with E-state index in [9.17, 15) is 0 Å². The van der Waals surface area contributed by atoms with Crippen LogP contribution in [0.15, 0.2) is 144 Å². The largest absolute Gasteiger partial charge is 0.455 e. The predicted octanol–water partition coefficient (Wildman–Crippen LogP) is 11.0. The summed E-state index contributed by atoms with van der Waals surface area (Å²) in [4.78, 5) is 2.34. The SMILES string of the molecule is CC1(C)c2ccccc2-c2cc3c(cc21)oc1c(-c2ccccc2)ccc(N(c2ccccc2)c2ccccc2)c13. The lowest BCUT2D eigenvalue weighted by atomic mass is 9.82. The van der Waals surface area contributed by atoms with E-state index in [4.69, 9.17) is 4.42 Å². The van der Waals surface area contributed by atoms with E-state index in [1.54, 1.807) is 0 Å². The molecule has 0 saturated carbocycles. The van der Waals surface area contributed by atoms with Crippen LogP contribution in [-0.2, 0) is 5.41 Å². The molecule has 0 amide bonds. The second-order valence-corrected chi connectivity index (χ2v) is 11.4. The van der Waals surface area contributed by atoms with Crippen molar-refractivity contribution < 1.29 is 4.42 Å². The molecule has 1 aliphatic rings. The molecule has 2 nitrogen and oxygen atoms in total. The Morgan fingerprint density at radius 3 is 1.83 bits per heavy atom. The standard InChI is InChI=1S/C39H29NO/c1-39(2)33-21-13-12-20-30(33)31-24-32-36(25-34(31)39)41-38-29(26-14-6-3-7-15-26)22-23-35(37(32)38)40(27-16-8-4-9-17-27)28-18-10-5-11-19-28/h3-25H,1-2H3. The first kappa shape index (κ1) is 23.8. The number of fused-ring (bicyclic) bond motifs is 6. The van der Waals surface area contributed by atoms with Gasteiger partial charge >= 0.3 is 0 Å². The van der Waals surface area contributed by atoms with Crippen molar-refractivity contribution >= 4 is 39.0 Å². The third kappa shape index (κ3) is 3.57. The van der Waals surface area contributed by atoms with Crippen molar-refractivity contribution in [3.8, 4) is 22.3 Å². The highest BCUT2D eigenvalue weighted by atomic mass is 16.3. The average Bonchev–Trinajstić information content (AvgIpc) is 3.50. The summed E-state index contributed by atoms with van der Waals surface area (Å²) in [5.41, 5.74) is 12.6. The summed E-state index contributed by atoms with van der Waals surface area (Å²) in [6, 6.07) is 49.7. The summed E-state index contributed by atoms with van der Waals surface area (Å²) < 4.78 is 6.89. The normalized spacial score (nSPS) is 13.3. The van der Waals surface area contributed by atoms with Gasteiger partial charge in [0.25, 0.3) is 0 Å². The molecule has 0 saturated heterocycles. The second-order valence-electron chi connectivity index (χ2n) is 11.4. The van der Waals surface area contributed by atoms with Crippen LogP contribution in [0.5, 0.6) is 0 Å². The maximum absolute atomic E-state index is 6.89. The van der Waals surface area contributed by atoms with Gasteiger partial charge in [0.2, 0.25) is 0 Å². The first-order valence-corrected chi connectivity index (χ1v) is 14.2. The van der Waals surface area contributed by atoms with Gasteiger partial charge in [-0.3, -0.25) is 0 Å². The Bertz CT molecular complexity index is 2010. The van der Waals surface area contributed by atoms with E-state index in [1.807, 2.05) is 0 Å². The third-order valence-electron chi connectivity index (χ3n) is 8.66. The predicted molar refractivity (Wildman–Crippen MR) is 171 cm³/mol. The van der Waals surface area contributed by atoms with Crippen LogP contribution in [-0.4, -0.2) is 0 Å². The van der Waals surface area contributed by atoms with Crippen LogP contribution in [0.2, 0.25) is 0 Å². The second kappa shape index (κ2) is 8.97. The number of rotatable bonds is 4. The van der Waals surface area contributed by atoms with Gasteiger partial charge in [0.15, 0.2) is 0 Å². The van der Waals surface area contributed by atoms with Gasteiger partial charge in [-0.05, 0) is 76.3 Å². The monoisotopic (exact) mass is 527 g/mol. The molecule has 1 aliphatic carbocycles. The van der Waals surface area contributed by atoms with Gasteiger partial charge in [0.1, 0.15) is 11.2 Å². The van der Waals surface area contributed by atoms with E-state index in [0.717, 1.165) is 50.1 Å². The summed E-state index contributed by atoms with van der Waals surface area (Å²) in [5, 5.41) is 2.26. The average molecular weight is 528 g/mol. The molecule has 0 unspecified atom stereocenters. The summed E-state index contributed by atoms with van der Waals surface area (Å²) in [6.45, 7) is 4.64. The molecular formula is C39H29NO. The number of para-hydroxylation sites is 2. The van der Waals surface area contributed by atoms with Crippen molar-refractivity contribution in [1.82, 2.24) is 0 Å². The molecule has 0 bridgehead atoms. The number of hydrogen-bond acceptors (Lipinski definition) is 2. The molecule has 0 N–H and O–H groups in total.